The minimum atomic E-state index is -0.299. The Bertz CT molecular complexity index is 406. The second-order valence-electron chi connectivity index (χ2n) is 6.17. The summed E-state index contributed by atoms with van der Waals surface area (Å²) in [7, 11) is 0. The van der Waals surface area contributed by atoms with E-state index in [1.807, 2.05) is 0 Å². The number of nitrogens with one attached hydrogen (secondary N) is 1. The monoisotopic (exact) mass is 274 g/mol. The van der Waals surface area contributed by atoms with Gasteiger partial charge in [-0.05, 0) is 68.8 Å². The lowest BCUT2D eigenvalue weighted by atomic mass is 9.88. The van der Waals surface area contributed by atoms with Gasteiger partial charge >= 0.3 is 0 Å². The van der Waals surface area contributed by atoms with Crippen molar-refractivity contribution >= 4 is 5.69 Å². The highest BCUT2D eigenvalue weighted by Gasteiger charge is 2.23. The molecule has 0 amide bonds. The summed E-state index contributed by atoms with van der Waals surface area (Å²) in [5.74, 6) is 0.414. The molecular formula is C17H26N2O. The molecule has 3 rings (SSSR count). The quantitative estimate of drug-likeness (QED) is 0.889. The molecule has 0 radical (unpaired) electrons. The van der Waals surface area contributed by atoms with Crippen LogP contribution in [0.4, 0.5) is 5.69 Å². The van der Waals surface area contributed by atoms with E-state index in [1.54, 1.807) is 0 Å². The zero-order valence-corrected chi connectivity index (χ0v) is 12.2. The number of aliphatic hydroxyl groups is 1. The normalized spacial score (nSPS) is 22.8. The summed E-state index contributed by atoms with van der Waals surface area (Å²) < 4.78 is 0. The van der Waals surface area contributed by atoms with Crippen molar-refractivity contribution in [3.8, 4) is 0 Å². The molecule has 3 nitrogen and oxygen atoms in total. The van der Waals surface area contributed by atoms with Crippen molar-refractivity contribution in [3.05, 3.63) is 29.8 Å². The molecule has 0 spiro atoms. The van der Waals surface area contributed by atoms with Crippen LogP contribution < -0.4 is 10.2 Å². The Kier molecular flexibility index (Phi) is 4.58. The summed E-state index contributed by atoms with van der Waals surface area (Å²) in [4.78, 5) is 2.46. The van der Waals surface area contributed by atoms with Crippen molar-refractivity contribution in [2.24, 2.45) is 5.92 Å². The Balaban J connectivity index is 1.65. The standard InChI is InChI=1S/C17H26N2O/c20-17(15-8-10-18-11-9-15)14-4-6-16(7-5-14)19-12-2-1-3-13-19/h4-7,15,17-18,20H,1-3,8-13H2. The van der Waals surface area contributed by atoms with E-state index in [1.165, 1.54) is 38.0 Å². The number of hydrogen-bond donors (Lipinski definition) is 2. The first-order chi connectivity index (χ1) is 9.84. The van der Waals surface area contributed by atoms with Gasteiger partial charge in [0.1, 0.15) is 0 Å². The molecule has 0 bridgehead atoms. The number of piperidine rings is 2. The molecule has 3 heteroatoms. The fourth-order valence-corrected chi connectivity index (χ4v) is 3.47. The van der Waals surface area contributed by atoms with Crippen LogP contribution in [0.3, 0.4) is 0 Å². The molecular weight excluding hydrogens is 248 g/mol. The van der Waals surface area contributed by atoms with Crippen LogP contribution in [0.5, 0.6) is 0 Å². The number of nitrogens with zero attached hydrogens (tertiary/aromatic N) is 1. The molecule has 1 atom stereocenters. The van der Waals surface area contributed by atoms with E-state index in [0.717, 1.165) is 31.5 Å². The molecule has 1 aromatic rings. The summed E-state index contributed by atoms with van der Waals surface area (Å²) in [6.07, 6.45) is 5.83. The van der Waals surface area contributed by atoms with Crippen LogP contribution in [-0.2, 0) is 0 Å². The molecule has 1 unspecified atom stereocenters. The second-order valence-corrected chi connectivity index (χ2v) is 6.17. The van der Waals surface area contributed by atoms with Gasteiger partial charge in [-0.1, -0.05) is 12.1 Å². The van der Waals surface area contributed by atoms with Crippen molar-refractivity contribution in [1.29, 1.82) is 0 Å². The third-order valence-corrected chi connectivity index (χ3v) is 4.79. The Morgan fingerprint density at radius 3 is 2.30 bits per heavy atom. The largest absolute Gasteiger partial charge is 0.388 e. The highest BCUT2D eigenvalue weighted by Crippen LogP contribution is 2.30. The Labute approximate surface area is 122 Å². The fraction of sp³-hybridized carbons (Fsp3) is 0.647. The third kappa shape index (κ3) is 3.15. The first-order valence-electron chi connectivity index (χ1n) is 8.08. The van der Waals surface area contributed by atoms with Crippen molar-refractivity contribution in [2.45, 2.75) is 38.2 Å². The number of aliphatic hydroxyl groups excluding tert-OH is 1. The van der Waals surface area contributed by atoms with Crippen LogP contribution >= 0.6 is 0 Å². The molecule has 2 N–H and O–H groups in total. The lowest BCUT2D eigenvalue weighted by Crippen LogP contribution is -2.31. The molecule has 0 aromatic heterocycles. The first-order valence-corrected chi connectivity index (χ1v) is 8.08. The Hall–Kier alpha value is -1.06. The Morgan fingerprint density at radius 2 is 1.65 bits per heavy atom. The first kappa shape index (κ1) is 13.9. The van der Waals surface area contributed by atoms with Crippen LogP contribution in [0.25, 0.3) is 0 Å². The molecule has 2 heterocycles. The maximum Gasteiger partial charge on any atom is 0.0819 e. The SMILES string of the molecule is OC(c1ccc(N2CCCCC2)cc1)C1CCNCC1. The number of anilines is 1. The highest BCUT2D eigenvalue weighted by atomic mass is 16.3. The van der Waals surface area contributed by atoms with E-state index in [4.69, 9.17) is 0 Å². The van der Waals surface area contributed by atoms with Crippen LogP contribution in [0.15, 0.2) is 24.3 Å². The molecule has 20 heavy (non-hydrogen) atoms. The van der Waals surface area contributed by atoms with Crippen molar-refractivity contribution in [2.75, 3.05) is 31.1 Å². The molecule has 2 aliphatic rings. The molecule has 110 valence electrons. The van der Waals surface area contributed by atoms with Crippen LogP contribution in [0.2, 0.25) is 0 Å². The summed E-state index contributed by atoms with van der Waals surface area (Å²) >= 11 is 0. The van der Waals surface area contributed by atoms with Crippen molar-refractivity contribution < 1.29 is 5.11 Å². The predicted octanol–water partition coefficient (Wildman–Crippen LogP) is 2.71. The van der Waals surface area contributed by atoms with Gasteiger partial charge in [-0.3, -0.25) is 0 Å². The molecule has 0 saturated carbocycles. The van der Waals surface area contributed by atoms with E-state index in [-0.39, 0.29) is 6.10 Å². The number of benzene rings is 1. The molecule has 2 fully saturated rings. The Morgan fingerprint density at radius 1 is 1.00 bits per heavy atom. The number of hydrogen-bond acceptors (Lipinski definition) is 3. The highest BCUT2D eigenvalue weighted by molar-refractivity contribution is 5.48. The maximum absolute atomic E-state index is 10.5. The second kappa shape index (κ2) is 6.59. The van der Waals surface area contributed by atoms with Crippen LogP contribution in [0.1, 0.15) is 43.8 Å². The summed E-state index contributed by atoms with van der Waals surface area (Å²) in [5, 5.41) is 13.9. The van der Waals surface area contributed by atoms with Gasteiger partial charge in [-0.25, -0.2) is 0 Å². The van der Waals surface area contributed by atoms with Gasteiger partial charge in [0, 0.05) is 18.8 Å². The number of rotatable bonds is 3. The van der Waals surface area contributed by atoms with Gasteiger partial charge < -0.3 is 15.3 Å². The zero-order valence-electron chi connectivity index (χ0n) is 12.2. The van der Waals surface area contributed by atoms with E-state index in [0.29, 0.717) is 5.92 Å². The third-order valence-electron chi connectivity index (χ3n) is 4.79. The minimum Gasteiger partial charge on any atom is -0.388 e. The molecule has 2 aliphatic heterocycles. The predicted molar refractivity (Wildman–Crippen MR) is 83.1 cm³/mol. The van der Waals surface area contributed by atoms with E-state index >= 15 is 0 Å². The topological polar surface area (TPSA) is 35.5 Å². The van der Waals surface area contributed by atoms with Crippen LogP contribution in [-0.4, -0.2) is 31.3 Å². The lowest BCUT2D eigenvalue weighted by Gasteiger charge is -2.30. The van der Waals surface area contributed by atoms with E-state index in [9.17, 15) is 5.11 Å². The zero-order chi connectivity index (χ0) is 13.8. The average molecular weight is 274 g/mol. The van der Waals surface area contributed by atoms with E-state index < -0.39 is 0 Å². The van der Waals surface area contributed by atoms with Gasteiger partial charge in [0.25, 0.3) is 0 Å². The van der Waals surface area contributed by atoms with Gasteiger partial charge in [-0.2, -0.15) is 0 Å². The van der Waals surface area contributed by atoms with Gasteiger partial charge in [-0.15, -0.1) is 0 Å². The summed E-state index contributed by atoms with van der Waals surface area (Å²) in [5.41, 5.74) is 2.39. The van der Waals surface area contributed by atoms with Gasteiger partial charge in [0.2, 0.25) is 0 Å². The summed E-state index contributed by atoms with van der Waals surface area (Å²) in [6.45, 7) is 4.42. The minimum absolute atomic E-state index is 0.299. The van der Waals surface area contributed by atoms with Crippen LogP contribution in [0, 0.1) is 5.92 Å². The van der Waals surface area contributed by atoms with E-state index in [2.05, 4.69) is 34.5 Å². The van der Waals surface area contributed by atoms with Crippen molar-refractivity contribution in [3.63, 3.8) is 0 Å². The van der Waals surface area contributed by atoms with Gasteiger partial charge in [0.05, 0.1) is 6.10 Å². The average Bonchev–Trinajstić information content (AvgIpc) is 2.56. The summed E-state index contributed by atoms with van der Waals surface area (Å²) in [6, 6.07) is 8.61. The molecule has 0 aliphatic carbocycles. The molecule has 1 aromatic carbocycles. The molecule has 2 saturated heterocycles. The lowest BCUT2D eigenvalue weighted by molar-refractivity contribution is 0.0889. The van der Waals surface area contributed by atoms with Gasteiger partial charge in [0.15, 0.2) is 0 Å². The maximum atomic E-state index is 10.5. The fourth-order valence-electron chi connectivity index (χ4n) is 3.47. The van der Waals surface area contributed by atoms with Crippen molar-refractivity contribution in [1.82, 2.24) is 5.32 Å². The smallest absolute Gasteiger partial charge is 0.0819 e.